The van der Waals surface area contributed by atoms with Gasteiger partial charge < -0.3 is 10.6 Å². The van der Waals surface area contributed by atoms with Gasteiger partial charge in [-0.25, -0.2) is 0 Å². The molecule has 2 N–H and O–H groups in total. The van der Waals surface area contributed by atoms with Crippen LogP contribution in [0.4, 0.5) is 0 Å². The summed E-state index contributed by atoms with van der Waals surface area (Å²) in [7, 11) is 1.89. The number of carbonyl (C=O) groups is 1. The van der Waals surface area contributed by atoms with Gasteiger partial charge >= 0.3 is 0 Å². The maximum Gasteiger partial charge on any atom is 0.235 e. The molecule has 15 heavy (non-hydrogen) atoms. The smallest absolute Gasteiger partial charge is 0.235 e. The van der Waals surface area contributed by atoms with E-state index in [1.54, 1.807) is 0 Å². The minimum absolute atomic E-state index is 0.162. The van der Waals surface area contributed by atoms with Crippen molar-refractivity contribution >= 4 is 23.1 Å². The van der Waals surface area contributed by atoms with Crippen molar-refractivity contribution in [2.24, 2.45) is 11.1 Å². The average Bonchev–Trinajstić information content (AvgIpc) is 2.93. The lowest BCUT2D eigenvalue weighted by Gasteiger charge is -2.31. The molecule has 0 aromatic rings. The molecule has 2 aliphatic carbocycles. The summed E-state index contributed by atoms with van der Waals surface area (Å²) in [5.41, 5.74) is 5.27. The summed E-state index contributed by atoms with van der Waals surface area (Å²) in [6, 6.07) is 0.448. The average molecular weight is 226 g/mol. The maximum atomic E-state index is 12.3. The maximum absolute atomic E-state index is 12.3. The van der Waals surface area contributed by atoms with Crippen LogP contribution in [0.5, 0.6) is 0 Å². The van der Waals surface area contributed by atoms with Crippen molar-refractivity contribution in [2.75, 3.05) is 7.05 Å². The van der Waals surface area contributed by atoms with E-state index in [-0.39, 0.29) is 5.91 Å². The molecule has 2 fully saturated rings. The van der Waals surface area contributed by atoms with Crippen molar-refractivity contribution in [3.8, 4) is 0 Å². The molecule has 2 aliphatic rings. The van der Waals surface area contributed by atoms with Crippen molar-refractivity contribution < 1.29 is 4.79 Å². The van der Waals surface area contributed by atoms with Gasteiger partial charge in [0.05, 0.1) is 10.4 Å². The lowest BCUT2D eigenvalue weighted by atomic mass is 9.84. The number of hydrogen-bond acceptors (Lipinski definition) is 2. The highest BCUT2D eigenvalue weighted by atomic mass is 32.1. The fourth-order valence-corrected chi connectivity index (χ4v) is 2.80. The molecule has 4 heteroatoms. The predicted molar refractivity (Wildman–Crippen MR) is 63.5 cm³/mol. The molecule has 1 amide bonds. The van der Waals surface area contributed by atoms with Gasteiger partial charge in [0.1, 0.15) is 0 Å². The predicted octanol–water partition coefficient (Wildman–Crippen LogP) is 1.45. The number of rotatable bonds is 3. The first-order valence-electron chi connectivity index (χ1n) is 5.65. The summed E-state index contributed by atoms with van der Waals surface area (Å²) in [6.07, 6.45) is 6.10. The lowest BCUT2D eigenvalue weighted by molar-refractivity contribution is -0.137. The molecule has 0 atom stereocenters. The first-order valence-corrected chi connectivity index (χ1v) is 6.06. The van der Waals surface area contributed by atoms with Crippen molar-refractivity contribution in [3.05, 3.63) is 0 Å². The Labute approximate surface area is 96.0 Å². The Balaban J connectivity index is 2.16. The van der Waals surface area contributed by atoms with E-state index in [1.807, 2.05) is 11.9 Å². The van der Waals surface area contributed by atoms with E-state index in [2.05, 4.69) is 0 Å². The van der Waals surface area contributed by atoms with Crippen LogP contribution in [0.1, 0.15) is 38.5 Å². The minimum Gasteiger partial charge on any atom is -0.392 e. The first-order chi connectivity index (χ1) is 7.08. The van der Waals surface area contributed by atoms with Crippen LogP contribution in [0.3, 0.4) is 0 Å². The quantitative estimate of drug-likeness (QED) is 0.741. The number of hydrogen-bond donors (Lipinski definition) is 1. The Hall–Kier alpha value is -0.640. The SMILES string of the molecule is CN(C(=O)C1(C(N)=S)CCCC1)C1CC1. The van der Waals surface area contributed by atoms with Crippen molar-refractivity contribution in [1.82, 2.24) is 4.90 Å². The Morgan fingerprint density at radius 1 is 1.40 bits per heavy atom. The molecule has 0 aromatic carbocycles. The summed E-state index contributed by atoms with van der Waals surface area (Å²) in [5, 5.41) is 0. The number of carbonyl (C=O) groups excluding carboxylic acids is 1. The first kappa shape index (κ1) is 10.9. The molecule has 0 unspecified atom stereocenters. The van der Waals surface area contributed by atoms with Crippen LogP contribution in [-0.4, -0.2) is 28.9 Å². The summed E-state index contributed by atoms with van der Waals surface area (Å²) in [6.45, 7) is 0. The summed E-state index contributed by atoms with van der Waals surface area (Å²) in [4.78, 5) is 14.6. The highest BCUT2D eigenvalue weighted by Crippen LogP contribution is 2.41. The Kier molecular flexibility index (Phi) is 2.71. The van der Waals surface area contributed by atoms with E-state index in [0.717, 1.165) is 38.5 Å². The molecule has 0 aliphatic heterocycles. The fraction of sp³-hybridized carbons (Fsp3) is 0.818. The second-order valence-corrected chi connectivity index (χ2v) is 5.24. The van der Waals surface area contributed by atoms with Crippen LogP contribution in [0, 0.1) is 5.41 Å². The fourth-order valence-electron chi connectivity index (χ4n) is 2.51. The Morgan fingerprint density at radius 2 is 1.93 bits per heavy atom. The highest BCUT2D eigenvalue weighted by Gasteiger charge is 2.47. The van der Waals surface area contributed by atoms with Gasteiger partial charge in [0.2, 0.25) is 5.91 Å². The molecule has 84 valence electrons. The Morgan fingerprint density at radius 3 is 2.33 bits per heavy atom. The van der Waals surface area contributed by atoms with Crippen LogP contribution in [0.25, 0.3) is 0 Å². The van der Waals surface area contributed by atoms with Crippen molar-refractivity contribution in [2.45, 2.75) is 44.6 Å². The van der Waals surface area contributed by atoms with Gasteiger partial charge in [-0.3, -0.25) is 4.79 Å². The normalized spacial score (nSPS) is 23.8. The standard InChI is InChI=1S/C11H18N2OS/c1-13(8-4-5-8)10(14)11(9(12)15)6-2-3-7-11/h8H,2-7H2,1H3,(H2,12,15). The number of nitrogens with two attached hydrogens (primary N) is 1. The van der Waals surface area contributed by atoms with Gasteiger partial charge in [0.25, 0.3) is 0 Å². The Bertz CT molecular complexity index is 293. The topological polar surface area (TPSA) is 46.3 Å². The third-order valence-electron chi connectivity index (χ3n) is 3.75. The molecule has 0 radical (unpaired) electrons. The van der Waals surface area contributed by atoms with Gasteiger partial charge in [-0.2, -0.15) is 0 Å². The molecule has 2 saturated carbocycles. The summed E-state index contributed by atoms with van der Waals surface area (Å²) >= 11 is 5.10. The van der Waals surface area contributed by atoms with E-state index in [1.165, 1.54) is 0 Å². The molecule has 3 nitrogen and oxygen atoms in total. The van der Waals surface area contributed by atoms with E-state index < -0.39 is 5.41 Å². The molecule has 0 spiro atoms. The number of thiocarbonyl (C=S) groups is 1. The molecule has 0 heterocycles. The van der Waals surface area contributed by atoms with Gasteiger partial charge in [-0.05, 0) is 25.7 Å². The lowest BCUT2D eigenvalue weighted by Crippen LogP contribution is -2.48. The van der Waals surface area contributed by atoms with Crippen LogP contribution < -0.4 is 5.73 Å². The van der Waals surface area contributed by atoms with Crippen LogP contribution in [0.15, 0.2) is 0 Å². The van der Waals surface area contributed by atoms with Gasteiger partial charge in [-0.15, -0.1) is 0 Å². The molecule has 0 saturated heterocycles. The van der Waals surface area contributed by atoms with E-state index in [0.29, 0.717) is 11.0 Å². The summed E-state index contributed by atoms with van der Waals surface area (Å²) < 4.78 is 0. The zero-order valence-corrected chi connectivity index (χ0v) is 9.98. The molecular weight excluding hydrogens is 208 g/mol. The summed E-state index contributed by atoms with van der Waals surface area (Å²) in [5.74, 6) is 0.162. The van der Waals surface area contributed by atoms with Gasteiger partial charge in [0, 0.05) is 13.1 Å². The van der Waals surface area contributed by atoms with E-state index in [9.17, 15) is 4.79 Å². The van der Waals surface area contributed by atoms with Gasteiger partial charge in [-0.1, -0.05) is 25.1 Å². The van der Waals surface area contributed by atoms with Gasteiger partial charge in [0.15, 0.2) is 0 Å². The molecule has 0 bridgehead atoms. The number of amides is 1. The second-order valence-electron chi connectivity index (χ2n) is 4.80. The molecule has 2 rings (SSSR count). The van der Waals surface area contributed by atoms with Crippen molar-refractivity contribution in [1.29, 1.82) is 0 Å². The van der Waals surface area contributed by atoms with Crippen LogP contribution in [-0.2, 0) is 4.79 Å². The second kappa shape index (κ2) is 3.74. The zero-order valence-electron chi connectivity index (χ0n) is 9.16. The van der Waals surface area contributed by atoms with Crippen LogP contribution in [0.2, 0.25) is 0 Å². The number of nitrogens with zero attached hydrogens (tertiary/aromatic N) is 1. The third kappa shape index (κ3) is 1.75. The highest BCUT2D eigenvalue weighted by molar-refractivity contribution is 7.80. The third-order valence-corrected chi connectivity index (χ3v) is 4.14. The monoisotopic (exact) mass is 226 g/mol. The molecular formula is C11H18N2OS. The minimum atomic E-state index is -0.507. The largest absolute Gasteiger partial charge is 0.392 e. The van der Waals surface area contributed by atoms with E-state index in [4.69, 9.17) is 18.0 Å². The molecule has 0 aromatic heterocycles. The van der Waals surface area contributed by atoms with Crippen LogP contribution >= 0.6 is 12.2 Å². The van der Waals surface area contributed by atoms with Crippen molar-refractivity contribution in [3.63, 3.8) is 0 Å². The zero-order chi connectivity index (χ0) is 11.1. The van der Waals surface area contributed by atoms with E-state index >= 15 is 0 Å².